The molecule has 0 radical (unpaired) electrons. The van der Waals surface area contributed by atoms with Gasteiger partial charge in [-0.05, 0) is 0 Å². The molecule has 0 aliphatic carbocycles. The lowest BCUT2D eigenvalue weighted by Crippen LogP contribution is -2.31. The Balaban J connectivity index is 2.07. The second kappa shape index (κ2) is 5.95. The number of nitrogens with one attached hydrogen (secondary N) is 3. The number of H-pyrrole nitrogens is 1. The van der Waals surface area contributed by atoms with Crippen molar-refractivity contribution in [2.75, 3.05) is 13.1 Å². The van der Waals surface area contributed by atoms with E-state index in [2.05, 4.69) is 29.5 Å². The minimum absolute atomic E-state index is 0.0158. The van der Waals surface area contributed by atoms with Crippen LogP contribution in [0.2, 0.25) is 0 Å². The Kier molecular flexibility index (Phi) is 4.86. The molecule has 1 rings (SSSR count). The number of aromatic nitrogens is 1. The summed E-state index contributed by atoms with van der Waals surface area (Å²) in [6.07, 6.45) is 0. The van der Waals surface area contributed by atoms with Gasteiger partial charge in [0.1, 0.15) is 0 Å². The normalized spacial score (nSPS) is 11.1. The molecule has 3 N–H and O–H groups in total. The first-order valence-electron chi connectivity index (χ1n) is 4.79. The fraction of sp³-hybridized carbons (Fsp3) is 0.667. The van der Waals surface area contributed by atoms with Crippen molar-refractivity contribution < 1.29 is 0 Å². The Morgan fingerprint density at radius 2 is 2.29 bits per heavy atom. The topological polar surface area (TPSA) is 56.9 Å². The van der Waals surface area contributed by atoms with E-state index in [1.165, 1.54) is 11.3 Å². The van der Waals surface area contributed by atoms with Crippen LogP contribution in [0.5, 0.6) is 0 Å². The van der Waals surface area contributed by atoms with Gasteiger partial charge in [0.25, 0.3) is 0 Å². The van der Waals surface area contributed by atoms with Crippen molar-refractivity contribution in [2.24, 2.45) is 0 Å². The molecule has 0 aliphatic heterocycles. The molecular weight excluding hydrogens is 198 g/mol. The summed E-state index contributed by atoms with van der Waals surface area (Å²) in [7, 11) is 0. The van der Waals surface area contributed by atoms with E-state index < -0.39 is 0 Å². The standard InChI is InChI=1S/C9H17N3OS/c1-7(2)11-4-3-10-5-8-6-14-9(13)12-8/h6-7,10-11H,3-5H2,1-2H3,(H,12,13). The number of hydrogen-bond donors (Lipinski definition) is 3. The van der Waals surface area contributed by atoms with Gasteiger partial charge in [-0.2, -0.15) is 0 Å². The molecule has 14 heavy (non-hydrogen) atoms. The average molecular weight is 215 g/mol. The van der Waals surface area contributed by atoms with Crippen LogP contribution in [0.3, 0.4) is 0 Å². The molecule has 0 aromatic carbocycles. The summed E-state index contributed by atoms with van der Waals surface area (Å²) < 4.78 is 0. The van der Waals surface area contributed by atoms with E-state index in [-0.39, 0.29) is 4.87 Å². The molecule has 0 atom stereocenters. The largest absolute Gasteiger partial charge is 0.315 e. The predicted octanol–water partition coefficient (Wildman–Crippen LogP) is 0.524. The van der Waals surface area contributed by atoms with Crippen LogP contribution in [-0.4, -0.2) is 24.1 Å². The molecule has 0 aliphatic rings. The highest BCUT2D eigenvalue weighted by molar-refractivity contribution is 7.07. The smallest absolute Gasteiger partial charge is 0.304 e. The molecule has 0 saturated heterocycles. The highest BCUT2D eigenvalue weighted by atomic mass is 32.1. The summed E-state index contributed by atoms with van der Waals surface area (Å²) in [5.74, 6) is 0. The van der Waals surface area contributed by atoms with Crippen LogP contribution in [0.4, 0.5) is 0 Å². The Bertz CT molecular complexity index is 305. The van der Waals surface area contributed by atoms with Gasteiger partial charge in [0.05, 0.1) is 0 Å². The Hall–Kier alpha value is -0.650. The molecular formula is C9H17N3OS. The Morgan fingerprint density at radius 3 is 2.86 bits per heavy atom. The first kappa shape index (κ1) is 11.4. The maximum absolute atomic E-state index is 10.8. The van der Waals surface area contributed by atoms with E-state index in [1.54, 1.807) is 0 Å². The summed E-state index contributed by atoms with van der Waals surface area (Å²) in [4.78, 5) is 13.6. The van der Waals surface area contributed by atoms with Gasteiger partial charge in [0.15, 0.2) is 0 Å². The lowest BCUT2D eigenvalue weighted by molar-refractivity contribution is 0.554. The van der Waals surface area contributed by atoms with E-state index >= 15 is 0 Å². The van der Waals surface area contributed by atoms with Crippen LogP contribution in [0.1, 0.15) is 19.5 Å². The monoisotopic (exact) mass is 215 g/mol. The van der Waals surface area contributed by atoms with Crippen molar-refractivity contribution in [1.82, 2.24) is 15.6 Å². The molecule has 0 amide bonds. The molecule has 1 aromatic rings. The fourth-order valence-electron chi connectivity index (χ4n) is 1.07. The third-order valence-corrected chi connectivity index (χ3v) is 2.46. The van der Waals surface area contributed by atoms with Gasteiger partial charge in [0, 0.05) is 36.8 Å². The van der Waals surface area contributed by atoms with Crippen molar-refractivity contribution in [3.8, 4) is 0 Å². The van der Waals surface area contributed by atoms with Gasteiger partial charge in [-0.1, -0.05) is 25.2 Å². The Morgan fingerprint density at radius 1 is 1.50 bits per heavy atom. The van der Waals surface area contributed by atoms with Crippen LogP contribution < -0.4 is 15.5 Å². The summed E-state index contributed by atoms with van der Waals surface area (Å²) in [5.41, 5.74) is 0.963. The molecule has 0 unspecified atom stereocenters. The quantitative estimate of drug-likeness (QED) is 0.607. The van der Waals surface area contributed by atoms with Crippen molar-refractivity contribution in [3.63, 3.8) is 0 Å². The molecule has 1 aromatic heterocycles. The zero-order valence-electron chi connectivity index (χ0n) is 8.59. The second-order valence-electron chi connectivity index (χ2n) is 3.46. The third-order valence-electron chi connectivity index (χ3n) is 1.74. The van der Waals surface area contributed by atoms with Crippen LogP contribution in [0.15, 0.2) is 10.2 Å². The summed E-state index contributed by atoms with van der Waals surface area (Å²) in [5, 5.41) is 8.40. The summed E-state index contributed by atoms with van der Waals surface area (Å²) in [6, 6.07) is 0.526. The maximum atomic E-state index is 10.8. The summed E-state index contributed by atoms with van der Waals surface area (Å²) in [6.45, 7) is 6.84. The lowest BCUT2D eigenvalue weighted by Gasteiger charge is -2.07. The van der Waals surface area contributed by atoms with Gasteiger partial charge in [-0.15, -0.1) is 0 Å². The van der Waals surface area contributed by atoms with Gasteiger partial charge in [0.2, 0.25) is 0 Å². The van der Waals surface area contributed by atoms with E-state index in [4.69, 9.17) is 0 Å². The van der Waals surface area contributed by atoms with Gasteiger partial charge in [-0.25, -0.2) is 0 Å². The van der Waals surface area contributed by atoms with Crippen molar-refractivity contribution in [1.29, 1.82) is 0 Å². The van der Waals surface area contributed by atoms with Gasteiger partial charge < -0.3 is 15.6 Å². The van der Waals surface area contributed by atoms with Gasteiger partial charge in [-0.3, -0.25) is 4.79 Å². The zero-order chi connectivity index (χ0) is 10.4. The minimum atomic E-state index is 0.0158. The number of aromatic amines is 1. The first-order valence-corrected chi connectivity index (χ1v) is 5.67. The highest BCUT2D eigenvalue weighted by Crippen LogP contribution is 1.93. The van der Waals surface area contributed by atoms with Crippen LogP contribution in [0, 0.1) is 0 Å². The van der Waals surface area contributed by atoms with Crippen molar-refractivity contribution >= 4 is 11.3 Å². The average Bonchev–Trinajstić information content (AvgIpc) is 2.50. The number of hydrogen-bond acceptors (Lipinski definition) is 4. The molecule has 4 nitrogen and oxygen atoms in total. The second-order valence-corrected chi connectivity index (χ2v) is 4.30. The highest BCUT2D eigenvalue weighted by Gasteiger charge is 1.95. The maximum Gasteiger partial charge on any atom is 0.304 e. The lowest BCUT2D eigenvalue weighted by atomic mass is 10.4. The number of thiazole rings is 1. The summed E-state index contributed by atoms with van der Waals surface area (Å²) >= 11 is 1.21. The molecule has 0 fully saturated rings. The van der Waals surface area contributed by atoms with E-state index in [0.717, 1.165) is 25.3 Å². The van der Waals surface area contributed by atoms with E-state index in [1.807, 2.05) is 5.38 Å². The van der Waals surface area contributed by atoms with E-state index in [9.17, 15) is 4.79 Å². The molecule has 80 valence electrons. The molecule has 5 heteroatoms. The third kappa shape index (κ3) is 4.55. The fourth-order valence-corrected chi connectivity index (χ4v) is 1.65. The van der Waals surface area contributed by atoms with Crippen molar-refractivity contribution in [2.45, 2.75) is 26.4 Å². The van der Waals surface area contributed by atoms with Crippen LogP contribution in [-0.2, 0) is 6.54 Å². The Labute approximate surface area is 87.7 Å². The molecule has 0 spiro atoms. The predicted molar refractivity (Wildman–Crippen MR) is 59.8 cm³/mol. The van der Waals surface area contributed by atoms with Gasteiger partial charge >= 0.3 is 4.87 Å². The number of rotatable bonds is 6. The minimum Gasteiger partial charge on any atom is -0.315 e. The van der Waals surface area contributed by atoms with Crippen LogP contribution >= 0.6 is 11.3 Å². The molecule has 1 heterocycles. The molecule has 0 bridgehead atoms. The first-order chi connectivity index (χ1) is 6.68. The SMILES string of the molecule is CC(C)NCCNCc1csc(=O)[nH]1. The van der Waals surface area contributed by atoms with Crippen molar-refractivity contribution in [3.05, 3.63) is 20.7 Å². The molecule has 0 saturated carbocycles. The van der Waals surface area contributed by atoms with Crippen LogP contribution in [0.25, 0.3) is 0 Å². The van der Waals surface area contributed by atoms with E-state index in [0.29, 0.717) is 6.04 Å². The zero-order valence-corrected chi connectivity index (χ0v) is 9.41.